The van der Waals surface area contributed by atoms with E-state index >= 15 is 0 Å². The van der Waals surface area contributed by atoms with Crippen LogP contribution < -0.4 is 10.2 Å². The minimum atomic E-state index is -0.293. The van der Waals surface area contributed by atoms with Crippen LogP contribution in [0.15, 0.2) is 66.3 Å². The summed E-state index contributed by atoms with van der Waals surface area (Å²) in [6, 6.07) is 13.9. The quantitative estimate of drug-likeness (QED) is 0.502. The number of amides is 1. The molecule has 0 unspecified atom stereocenters. The first kappa shape index (κ1) is 15.8. The summed E-state index contributed by atoms with van der Waals surface area (Å²) in [5.41, 5.74) is 3.80. The Balaban J connectivity index is 1.90. The molecule has 0 radical (unpaired) electrons. The minimum Gasteiger partial charge on any atom is -0.490 e. The minimum absolute atomic E-state index is 0.293. The van der Waals surface area contributed by atoms with Gasteiger partial charge in [-0.25, -0.2) is 5.43 Å². The first-order valence-electron chi connectivity index (χ1n) is 6.62. The molecule has 0 aliphatic rings. The zero-order valence-corrected chi connectivity index (χ0v) is 12.6. The maximum atomic E-state index is 11.8. The number of hydrazone groups is 1. The standard InChI is InChI=1S/C17H15ClN2O2/c1-2-11-22-16-9-3-13(4-10-16)12-19-20-17(21)14-5-7-15(18)8-6-14/h2-10,12H,1,11H2,(H,20,21)/b19-12+. The van der Waals surface area contributed by atoms with Crippen molar-refractivity contribution in [1.82, 2.24) is 5.43 Å². The Morgan fingerprint density at radius 3 is 2.50 bits per heavy atom. The van der Waals surface area contributed by atoms with Crippen LogP contribution in [0.3, 0.4) is 0 Å². The summed E-state index contributed by atoms with van der Waals surface area (Å²) in [6.45, 7) is 4.05. The van der Waals surface area contributed by atoms with Crippen molar-refractivity contribution in [1.29, 1.82) is 0 Å². The highest BCUT2D eigenvalue weighted by Crippen LogP contribution is 2.11. The Bertz CT molecular complexity index is 664. The normalized spacial score (nSPS) is 10.4. The smallest absolute Gasteiger partial charge is 0.271 e. The third-order valence-electron chi connectivity index (χ3n) is 2.73. The molecular weight excluding hydrogens is 300 g/mol. The van der Waals surface area contributed by atoms with Gasteiger partial charge in [0.1, 0.15) is 12.4 Å². The van der Waals surface area contributed by atoms with Crippen molar-refractivity contribution in [2.24, 2.45) is 5.10 Å². The molecule has 0 saturated heterocycles. The van der Waals surface area contributed by atoms with Gasteiger partial charge < -0.3 is 4.74 Å². The number of carbonyl (C=O) groups excluding carboxylic acids is 1. The number of nitrogens with one attached hydrogen (secondary N) is 1. The Hall–Kier alpha value is -2.59. The Morgan fingerprint density at radius 1 is 1.18 bits per heavy atom. The molecule has 0 atom stereocenters. The predicted octanol–water partition coefficient (Wildman–Crippen LogP) is 3.67. The van der Waals surface area contributed by atoms with Crippen molar-refractivity contribution < 1.29 is 9.53 Å². The molecule has 0 aliphatic heterocycles. The highest BCUT2D eigenvalue weighted by molar-refractivity contribution is 6.30. The van der Waals surface area contributed by atoms with Gasteiger partial charge in [-0.2, -0.15) is 5.10 Å². The van der Waals surface area contributed by atoms with Crippen molar-refractivity contribution in [3.8, 4) is 5.75 Å². The third kappa shape index (κ3) is 4.75. The molecule has 0 aromatic heterocycles. The summed E-state index contributed by atoms with van der Waals surface area (Å²) < 4.78 is 5.38. The number of rotatable bonds is 6. The molecule has 0 bridgehead atoms. The van der Waals surface area contributed by atoms with Gasteiger partial charge in [-0.05, 0) is 54.1 Å². The average molecular weight is 315 g/mol. The summed E-state index contributed by atoms with van der Waals surface area (Å²) in [4.78, 5) is 11.8. The zero-order valence-electron chi connectivity index (χ0n) is 11.8. The van der Waals surface area contributed by atoms with Crippen LogP contribution in [-0.2, 0) is 0 Å². The second kappa shape index (κ2) is 8.00. The highest BCUT2D eigenvalue weighted by atomic mass is 35.5. The Kier molecular flexibility index (Phi) is 5.74. The van der Waals surface area contributed by atoms with Gasteiger partial charge in [-0.3, -0.25) is 4.79 Å². The average Bonchev–Trinajstić information content (AvgIpc) is 2.54. The molecule has 1 amide bonds. The van der Waals surface area contributed by atoms with Gasteiger partial charge in [-0.15, -0.1) is 0 Å². The first-order chi connectivity index (χ1) is 10.7. The fourth-order valence-electron chi connectivity index (χ4n) is 1.64. The summed E-state index contributed by atoms with van der Waals surface area (Å²) >= 11 is 5.77. The molecule has 2 rings (SSSR count). The van der Waals surface area contributed by atoms with E-state index in [0.29, 0.717) is 17.2 Å². The Labute approximate surface area is 134 Å². The third-order valence-corrected chi connectivity index (χ3v) is 2.99. The van der Waals surface area contributed by atoms with Crippen LogP contribution in [0.1, 0.15) is 15.9 Å². The van der Waals surface area contributed by atoms with Crippen LogP contribution in [0.5, 0.6) is 5.75 Å². The topological polar surface area (TPSA) is 50.7 Å². The molecule has 0 saturated carbocycles. The molecular formula is C17H15ClN2O2. The van der Waals surface area contributed by atoms with Crippen molar-refractivity contribution in [2.75, 3.05) is 6.61 Å². The fraction of sp³-hybridized carbons (Fsp3) is 0.0588. The lowest BCUT2D eigenvalue weighted by molar-refractivity contribution is 0.0955. The van der Waals surface area contributed by atoms with E-state index in [1.807, 2.05) is 24.3 Å². The van der Waals surface area contributed by atoms with E-state index in [0.717, 1.165) is 11.3 Å². The number of benzene rings is 2. The lowest BCUT2D eigenvalue weighted by Gasteiger charge is -2.03. The van der Waals surface area contributed by atoms with E-state index in [2.05, 4.69) is 17.1 Å². The molecule has 1 N–H and O–H groups in total. The zero-order chi connectivity index (χ0) is 15.8. The van der Waals surface area contributed by atoms with Gasteiger partial charge in [0.25, 0.3) is 5.91 Å². The molecule has 0 heterocycles. The molecule has 5 heteroatoms. The SMILES string of the molecule is C=CCOc1ccc(/C=N/NC(=O)c2ccc(Cl)cc2)cc1. The molecule has 2 aromatic rings. The number of nitrogens with zero attached hydrogens (tertiary/aromatic N) is 1. The number of ether oxygens (including phenoxy) is 1. The van der Waals surface area contributed by atoms with Crippen molar-refractivity contribution >= 4 is 23.7 Å². The molecule has 0 aliphatic carbocycles. The van der Waals surface area contributed by atoms with E-state index in [1.165, 1.54) is 0 Å². The number of halogens is 1. The molecule has 112 valence electrons. The second-order valence-corrected chi connectivity index (χ2v) is 4.81. The van der Waals surface area contributed by atoms with Crippen molar-refractivity contribution in [3.63, 3.8) is 0 Å². The van der Waals surface area contributed by atoms with Crippen LogP contribution in [0.4, 0.5) is 0 Å². The summed E-state index contributed by atoms with van der Waals surface area (Å²) in [5, 5.41) is 4.50. The maximum Gasteiger partial charge on any atom is 0.271 e. The van der Waals surface area contributed by atoms with Gasteiger partial charge >= 0.3 is 0 Å². The Morgan fingerprint density at radius 2 is 1.86 bits per heavy atom. The lowest BCUT2D eigenvalue weighted by Crippen LogP contribution is -2.17. The van der Waals surface area contributed by atoms with Gasteiger partial charge in [-0.1, -0.05) is 24.3 Å². The molecule has 0 spiro atoms. The summed E-state index contributed by atoms with van der Waals surface area (Å²) in [6.07, 6.45) is 3.24. The van der Waals surface area contributed by atoms with Crippen molar-refractivity contribution in [3.05, 3.63) is 77.3 Å². The van der Waals surface area contributed by atoms with E-state index in [4.69, 9.17) is 16.3 Å². The van der Waals surface area contributed by atoms with Crippen molar-refractivity contribution in [2.45, 2.75) is 0 Å². The summed E-state index contributed by atoms with van der Waals surface area (Å²) in [5.74, 6) is 0.459. The fourth-order valence-corrected chi connectivity index (χ4v) is 1.76. The summed E-state index contributed by atoms with van der Waals surface area (Å²) in [7, 11) is 0. The largest absolute Gasteiger partial charge is 0.490 e. The van der Waals surface area contributed by atoms with Gasteiger partial charge in [0.15, 0.2) is 0 Å². The number of carbonyl (C=O) groups is 1. The van der Waals surface area contributed by atoms with Gasteiger partial charge in [0, 0.05) is 10.6 Å². The highest BCUT2D eigenvalue weighted by Gasteiger charge is 2.02. The van der Waals surface area contributed by atoms with E-state index < -0.39 is 0 Å². The number of hydrogen-bond donors (Lipinski definition) is 1. The molecule has 4 nitrogen and oxygen atoms in total. The molecule has 2 aromatic carbocycles. The van der Waals surface area contributed by atoms with E-state index in [1.54, 1.807) is 36.6 Å². The number of hydrogen-bond acceptors (Lipinski definition) is 3. The lowest BCUT2D eigenvalue weighted by atomic mass is 10.2. The van der Waals surface area contributed by atoms with E-state index in [9.17, 15) is 4.79 Å². The first-order valence-corrected chi connectivity index (χ1v) is 6.99. The van der Waals surface area contributed by atoms with Gasteiger partial charge in [0.05, 0.1) is 6.21 Å². The van der Waals surface area contributed by atoms with Crippen LogP contribution >= 0.6 is 11.6 Å². The predicted molar refractivity (Wildman–Crippen MR) is 88.6 cm³/mol. The molecule has 22 heavy (non-hydrogen) atoms. The van der Waals surface area contributed by atoms with Crippen LogP contribution in [0.25, 0.3) is 0 Å². The van der Waals surface area contributed by atoms with Crippen LogP contribution in [0, 0.1) is 0 Å². The van der Waals surface area contributed by atoms with Crippen LogP contribution in [0.2, 0.25) is 5.02 Å². The monoisotopic (exact) mass is 314 g/mol. The second-order valence-electron chi connectivity index (χ2n) is 4.37. The van der Waals surface area contributed by atoms with Crippen LogP contribution in [-0.4, -0.2) is 18.7 Å². The molecule has 0 fully saturated rings. The maximum absolute atomic E-state index is 11.8. The van der Waals surface area contributed by atoms with E-state index in [-0.39, 0.29) is 5.91 Å². The van der Waals surface area contributed by atoms with Gasteiger partial charge in [0.2, 0.25) is 0 Å².